The first-order chi connectivity index (χ1) is 19.3. The molecule has 2 aromatic heterocycles. The van der Waals surface area contributed by atoms with E-state index in [4.69, 9.17) is 15.9 Å². The lowest BCUT2D eigenvalue weighted by atomic mass is 10.1. The minimum atomic E-state index is -1.60. The van der Waals surface area contributed by atoms with Crippen molar-refractivity contribution < 1.29 is 44.4 Å². The van der Waals surface area contributed by atoms with Gasteiger partial charge < -0.3 is 41.5 Å². The van der Waals surface area contributed by atoms with Crippen LogP contribution in [0.25, 0.3) is 11.2 Å². The first-order valence-electron chi connectivity index (χ1n) is 11.7. The molecule has 0 aliphatic rings. The highest BCUT2D eigenvalue weighted by Gasteiger charge is 2.25. The standard InChI is InChI=1S/C23H24N8O10/c24-23-28-18-17(20(37)29-23)26-11(8-25-18)9-31(30-14(22(40)41)7-16(34)35)12-3-1-10(2-4-12)19(36)27-13(21(38)39)5-6-15(32)33/h1-4,8,13-14,30H,5-7,9H2,(H,27,36)(H,32,33)(H,34,35)(H,38,39)(H,40,41)(H3,24,25,28,29,37)/t13-,14-/m0/s1. The summed E-state index contributed by atoms with van der Waals surface area (Å²) in [6.07, 6.45) is -0.356. The normalized spacial score (nSPS) is 12.3. The number of anilines is 2. The van der Waals surface area contributed by atoms with E-state index in [1.807, 2.05) is 0 Å². The van der Waals surface area contributed by atoms with Gasteiger partial charge in [-0.15, -0.1) is 0 Å². The number of nitrogens with two attached hydrogens (primary N) is 1. The number of nitrogens with one attached hydrogen (secondary N) is 3. The third-order valence-corrected chi connectivity index (χ3v) is 5.49. The van der Waals surface area contributed by atoms with Crippen molar-refractivity contribution in [3.8, 4) is 0 Å². The van der Waals surface area contributed by atoms with Crippen molar-refractivity contribution in [2.45, 2.75) is 37.9 Å². The number of amides is 1. The van der Waals surface area contributed by atoms with Crippen molar-refractivity contribution >= 4 is 52.6 Å². The zero-order chi connectivity index (χ0) is 30.3. The molecule has 18 heteroatoms. The van der Waals surface area contributed by atoms with Gasteiger partial charge in [0.05, 0.1) is 30.5 Å². The number of fused-ring (bicyclic) bond motifs is 1. The van der Waals surface area contributed by atoms with Crippen LogP contribution in [-0.2, 0) is 25.7 Å². The molecule has 1 amide bonds. The summed E-state index contributed by atoms with van der Waals surface area (Å²) in [6.45, 7) is -0.238. The van der Waals surface area contributed by atoms with Gasteiger partial charge in [-0.3, -0.25) is 24.0 Å². The molecule has 0 fully saturated rings. The highest BCUT2D eigenvalue weighted by atomic mass is 16.4. The first-order valence-corrected chi connectivity index (χ1v) is 11.7. The minimum Gasteiger partial charge on any atom is -0.481 e. The second kappa shape index (κ2) is 12.9. The lowest BCUT2D eigenvalue weighted by Gasteiger charge is -2.28. The molecular weight excluding hydrogens is 548 g/mol. The highest BCUT2D eigenvalue weighted by Crippen LogP contribution is 2.18. The second-order valence-corrected chi connectivity index (χ2v) is 8.53. The molecule has 3 aromatic rings. The Bertz CT molecular complexity index is 1540. The molecule has 41 heavy (non-hydrogen) atoms. The molecule has 0 saturated carbocycles. The molecule has 216 valence electrons. The third-order valence-electron chi connectivity index (χ3n) is 5.49. The quantitative estimate of drug-likeness (QED) is 0.105. The molecule has 0 unspecified atom stereocenters. The number of nitrogens with zero attached hydrogens (tertiary/aromatic N) is 4. The molecule has 0 bridgehead atoms. The summed E-state index contributed by atoms with van der Waals surface area (Å²) in [5.74, 6) is -6.51. The van der Waals surface area contributed by atoms with E-state index in [0.29, 0.717) is 0 Å². The number of nitrogen functional groups attached to an aromatic ring is 1. The van der Waals surface area contributed by atoms with E-state index in [1.54, 1.807) is 0 Å². The summed E-state index contributed by atoms with van der Waals surface area (Å²) >= 11 is 0. The van der Waals surface area contributed by atoms with Crippen molar-refractivity contribution in [3.05, 3.63) is 52.1 Å². The molecular formula is C23H24N8O10. The van der Waals surface area contributed by atoms with Gasteiger partial charge in [-0.1, -0.05) is 0 Å². The van der Waals surface area contributed by atoms with Crippen molar-refractivity contribution in [2.24, 2.45) is 0 Å². The fraction of sp³-hybridized carbons (Fsp3) is 0.261. The van der Waals surface area contributed by atoms with Gasteiger partial charge in [0.1, 0.15) is 12.1 Å². The third kappa shape index (κ3) is 8.17. The highest BCUT2D eigenvalue weighted by molar-refractivity contribution is 5.97. The summed E-state index contributed by atoms with van der Waals surface area (Å²) in [5, 5.41) is 40.2. The van der Waals surface area contributed by atoms with Gasteiger partial charge in [0, 0.05) is 12.0 Å². The second-order valence-electron chi connectivity index (χ2n) is 8.53. The lowest BCUT2D eigenvalue weighted by Crippen LogP contribution is -2.49. The molecule has 0 radical (unpaired) electrons. The maximum atomic E-state index is 12.6. The van der Waals surface area contributed by atoms with Crippen molar-refractivity contribution in [1.29, 1.82) is 0 Å². The summed E-state index contributed by atoms with van der Waals surface area (Å²) < 4.78 is 0. The van der Waals surface area contributed by atoms with Crippen LogP contribution in [0.1, 0.15) is 35.3 Å². The van der Waals surface area contributed by atoms with E-state index < -0.39 is 60.3 Å². The van der Waals surface area contributed by atoms with Crippen LogP contribution >= 0.6 is 0 Å². The molecule has 2 heterocycles. The lowest BCUT2D eigenvalue weighted by molar-refractivity contribution is -0.146. The van der Waals surface area contributed by atoms with Crippen LogP contribution in [0.5, 0.6) is 0 Å². The van der Waals surface area contributed by atoms with Crippen LogP contribution in [-0.4, -0.2) is 82.2 Å². The van der Waals surface area contributed by atoms with Gasteiger partial charge in [-0.05, 0) is 30.7 Å². The van der Waals surface area contributed by atoms with Crippen molar-refractivity contribution in [3.63, 3.8) is 0 Å². The Morgan fingerprint density at radius 3 is 2.20 bits per heavy atom. The monoisotopic (exact) mass is 572 g/mol. The molecule has 0 aliphatic heterocycles. The number of hydrogen-bond donors (Lipinski definition) is 8. The van der Waals surface area contributed by atoms with Crippen LogP contribution in [0.4, 0.5) is 11.6 Å². The van der Waals surface area contributed by atoms with Gasteiger partial charge in [0.2, 0.25) is 5.95 Å². The molecule has 2 atom stereocenters. The predicted molar refractivity (Wildman–Crippen MR) is 138 cm³/mol. The molecule has 1 aromatic carbocycles. The van der Waals surface area contributed by atoms with E-state index in [9.17, 15) is 39.0 Å². The SMILES string of the molecule is Nc1nc(=O)c2nc(CN(N[C@@H](CC(=O)O)C(=O)O)c3ccc(C(=O)N[C@@H](CCC(=O)O)C(=O)O)cc3)cnc2[nH]1. The van der Waals surface area contributed by atoms with Crippen LogP contribution in [0.3, 0.4) is 0 Å². The van der Waals surface area contributed by atoms with E-state index in [2.05, 4.69) is 30.7 Å². The Hall–Kier alpha value is -5.65. The maximum absolute atomic E-state index is 12.6. The maximum Gasteiger partial charge on any atom is 0.326 e. The van der Waals surface area contributed by atoms with Gasteiger partial charge >= 0.3 is 29.4 Å². The summed E-state index contributed by atoms with van der Waals surface area (Å²) in [4.78, 5) is 84.3. The topological polar surface area (TPSA) is 291 Å². The minimum absolute atomic E-state index is 0.00344. The molecule has 0 aliphatic carbocycles. The van der Waals surface area contributed by atoms with E-state index in [-0.39, 0.29) is 47.0 Å². The number of hydrogen-bond acceptors (Lipinski definition) is 12. The molecule has 3 rings (SSSR count). The predicted octanol–water partition coefficient (Wildman–Crippen LogP) is -1.22. The number of hydrazine groups is 1. The molecule has 0 saturated heterocycles. The zero-order valence-corrected chi connectivity index (χ0v) is 21.0. The van der Waals surface area contributed by atoms with Crippen LogP contribution in [0.15, 0.2) is 35.3 Å². The molecule has 9 N–H and O–H groups in total. The Kier molecular flexibility index (Phi) is 9.43. The first kappa shape index (κ1) is 29.9. The average Bonchev–Trinajstić information content (AvgIpc) is 2.89. The van der Waals surface area contributed by atoms with Gasteiger partial charge in [-0.25, -0.2) is 20.2 Å². The Labute approximate surface area is 228 Å². The number of carbonyl (C=O) groups is 5. The average molecular weight is 572 g/mol. The summed E-state index contributed by atoms with van der Waals surface area (Å²) in [5.41, 5.74) is 7.58. The van der Waals surface area contributed by atoms with E-state index in [1.165, 1.54) is 35.5 Å². The van der Waals surface area contributed by atoms with Crippen LogP contribution in [0.2, 0.25) is 0 Å². The smallest absolute Gasteiger partial charge is 0.326 e. The Balaban J connectivity index is 1.90. The van der Waals surface area contributed by atoms with Crippen LogP contribution in [0, 0.1) is 0 Å². The van der Waals surface area contributed by atoms with Crippen molar-refractivity contribution in [1.82, 2.24) is 30.7 Å². The number of carboxylic acid groups (broad SMARTS) is 4. The summed E-state index contributed by atoms with van der Waals surface area (Å²) in [7, 11) is 0. The van der Waals surface area contributed by atoms with Gasteiger partial charge in [0.15, 0.2) is 11.2 Å². The number of carbonyl (C=O) groups excluding carboxylic acids is 1. The molecule has 18 nitrogen and oxygen atoms in total. The Morgan fingerprint density at radius 1 is 0.951 bits per heavy atom. The number of aromatic amines is 1. The summed E-state index contributed by atoms with van der Waals surface area (Å²) in [6, 6.07) is 2.23. The van der Waals surface area contributed by atoms with Gasteiger partial charge in [0.25, 0.3) is 5.91 Å². The largest absolute Gasteiger partial charge is 0.481 e. The number of benzene rings is 1. The molecule has 0 spiro atoms. The number of aliphatic carboxylic acids is 4. The van der Waals surface area contributed by atoms with Crippen molar-refractivity contribution in [2.75, 3.05) is 10.7 Å². The number of rotatable bonds is 14. The van der Waals surface area contributed by atoms with Gasteiger partial charge in [-0.2, -0.15) is 4.98 Å². The number of H-pyrrole nitrogens is 1. The van der Waals surface area contributed by atoms with Crippen LogP contribution < -0.4 is 27.0 Å². The van der Waals surface area contributed by atoms with E-state index >= 15 is 0 Å². The van der Waals surface area contributed by atoms with E-state index in [0.717, 1.165) is 0 Å². The fourth-order valence-corrected chi connectivity index (χ4v) is 3.54. The number of aromatic nitrogens is 4. The Morgan fingerprint density at radius 2 is 1.61 bits per heavy atom. The fourth-order valence-electron chi connectivity index (χ4n) is 3.54. The number of carboxylic acids is 4. The zero-order valence-electron chi connectivity index (χ0n) is 21.0.